The third kappa shape index (κ3) is 4.52. The topological polar surface area (TPSA) is 101 Å². The summed E-state index contributed by atoms with van der Waals surface area (Å²) in [5, 5.41) is 16.1. The van der Waals surface area contributed by atoms with Gasteiger partial charge in [0.15, 0.2) is 0 Å². The summed E-state index contributed by atoms with van der Waals surface area (Å²) < 4.78 is 0.466. The molecule has 0 radical (unpaired) electrons. The van der Waals surface area contributed by atoms with Crippen molar-refractivity contribution in [3.8, 4) is 0 Å². The lowest BCUT2D eigenvalue weighted by molar-refractivity contribution is -0.384. The van der Waals surface area contributed by atoms with Crippen LogP contribution in [0.25, 0.3) is 0 Å². The highest BCUT2D eigenvalue weighted by Gasteiger charge is 2.23. The second-order valence-electron chi connectivity index (χ2n) is 4.77. The number of non-ortho nitro benzene ring substituents is 1. The van der Waals surface area contributed by atoms with E-state index in [1.807, 2.05) is 0 Å². The predicted molar refractivity (Wildman–Crippen MR) is 78.9 cm³/mol. The minimum Gasteiger partial charge on any atom is -0.353 e. The third-order valence-corrected chi connectivity index (χ3v) is 3.68. The fraction of sp³-hybridized carbons (Fsp3) is 0.385. The van der Waals surface area contributed by atoms with Crippen LogP contribution in [0.15, 0.2) is 22.7 Å². The Bertz CT molecular complexity index is 587. The van der Waals surface area contributed by atoms with Crippen molar-refractivity contribution < 1.29 is 14.5 Å². The van der Waals surface area contributed by atoms with Crippen LogP contribution in [0, 0.1) is 10.1 Å². The third-order valence-electron chi connectivity index (χ3n) is 2.99. The molecule has 0 heterocycles. The maximum atomic E-state index is 12.0. The zero-order valence-corrected chi connectivity index (χ0v) is 12.7. The number of hydrogen-bond acceptors (Lipinski definition) is 4. The number of nitrogens with zero attached hydrogens (tertiary/aromatic N) is 1. The SMILES string of the molecule is O=C(CCNC(=O)c1cc([N+](=O)[O-])ccc1Br)NC1CC1. The first-order valence-corrected chi connectivity index (χ1v) is 7.28. The van der Waals surface area contributed by atoms with E-state index < -0.39 is 10.8 Å². The Balaban J connectivity index is 1.88. The first-order chi connectivity index (χ1) is 9.97. The van der Waals surface area contributed by atoms with E-state index in [9.17, 15) is 19.7 Å². The number of amides is 2. The van der Waals surface area contributed by atoms with Gasteiger partial charge >= 0.3 is 0 Å². The molecule has 0 aromatic heterocycles. The lowest BCUT2D eigenvalue weighted by atomic mass is 10.2. The molecule has 1 aliphatic carbocycles. The summed E-state index contributed by atoms with van der Waals surface area (Å²) in [6.07, 6.45) is 2.21. The normalized spacial score (nSPS) is 13.6. The molecule has 2 amide bonds. The van der Waals surface area contributed by atoms with Crippen molar-refractivity contribution in [3.05, 3.63) is 38.3 Å². The summed E-state index contributed by atoms with van der Waals surface area (Å²) in [6.45, 7) is 0.187. The lowest BCUT2D eigenvalue weighted by Gasteiger charge is -2.07. The summed E-state index contributed by atoms with van der Waals surface area (Å²) in [4.78, 5) is 33.6. The Kier molecular flexibility index (Phi) is 4.89. The molecule has 112 valence electrons. The molecule has 1 aliphatic rings. The lowest BCUT2D eigenvalue weighted by Crippen LogP contribution is -2.31. The number of nitrogens with one attached hydrogen (secondary N) is 2. The van der Waals surface area contributed by atoms with E-state index in [0.717, 1.165) is 12.8 Å². The fourth-order valence-corrected chi connectivity index (χ4v) is 2.14. The van der Waals surface area contributed by atoms with Crippen molar-refractivity contribution in [1.29, 1.82) is 0 Å². The van der Waals surface area contributed by atoms with E-state index in [2.05, 4.69) is 26.6 Å². The Morgan fingerprint density at radius 1 is 1.38 bits per heavy atom. The van der Waals surface area contributed by atoms with E-state index in [-0.39, 0.29) is 30.1 Å². The van der Waals surface area contributed by atoms with Gasteiger partial charge in [-0.3, -0.25) is 19.7 Å². The molecule has 7 nitrogen and oxygen atoms in total. The quantitative estimate of drug-likeness (QED) is 0.599. The van der Waals surface area contributed by atoms with E-state index in [1.165, 1.54) is 18.2 Å². The second kappa shape index (κ2) is 6.66. The van der Waals surface area contributed by atoms with Crippen LogP contribution < -0.4 is 10.6 Å². The van der Waals surface area contributed by atoms with Gasteiger partial charge in [0.1, 0.15) is 0 Å². The maximum Gasteiger partial charge on any atom is 0.270 e. The van der Waals surface area contributed by atoms with Gasteiger partial charge < -0.3 is 10.6 Å². The fourth-order valence-electron chi connectivity index (χ4n) is 1.71. The van der Waals surface area contributed by atoms with E-state index >= 15 is 0 Å². The zero-order chi connectivity index (χ0) is 15.4. The molecule has 2 N–H and O–H groups in total. The van der Waals surface area contributed by atoms with Crippen LogP contribution in [0.4, 0.5) is 5.69 Å². The van der Waals surface area contributed by atoms with E-state index in [0.29, 0.717) is 10.5 Å². The molecule has 0 aliphatic heterocycles. The van der Waals surface area contributed by atoms with Crippen LogP contribution in [-0.2, 0) is 4.79 Å². The first kappa shape index (κ1) is 15.4. The highest BCUT2D eigenvalue weighted by Crippen LogP contribution is 2.22. The van der Waals surface area contributed by atoms with Crippen molar-refractivity contribution in [1.82, 2.24) is 10.6 Å². The predicted octanol–water partition coefficient (Wildman–Crippen LogP) is 1.76. The van der Waals surface area contributed by atoms with E-state index in [1.54, 1.807) is 0 Å². The number of halogens is 1. The van der Waals surface area contributed by atoms with Crippen molar-refractivity contribution in [2.45, 2.75) is 25.3 Å². The molecule has 21 heavy (non-hydrogen) atoms. The minimum absolute atomic E-state index is 0.101. The Labute approximate surface area is 129 Å². The van der Waals surface area contributed by atoms with Crippen molar-refractivity contribution >= 4 is 33.4 Å². The van der Waals surface area contributed by atoms with Gasteiger partial charge in [0.05, 0.1) is 10.5 Å². The number of benzene rings is 1. The van der Waals surface area contributed by atoms with Crippen LogP contribution in [0.5, 0.6) is 0 Å². The van der Waals surface area contributed by atoms with E-state index in [4.69, 9.17) is 0 Å². The minimum atomic E-state index is -0.563. The van der Waals surface area contributed by atoms with Crippen LogP contribution in [0.1, 0.15) is 29.6 Å². The number of nitro groups is 1. The van der Waals surface area contributed by atoms with Gasteiger partial charge in [-0.2, -0.15) is 0 Å². The van der Waals surface area contributed by atoms with Crippen LogP contribution in [-0.4, -0.2) is 29.3 Å². The molecule has 1 fully saturated rings. The highest BCUT2D eigenvalue weighted by molar-refractivity contribution is 9.10. The molecule has 1 saturated carbocycles. The molecular weight excluding hydrogens is 342 g/mol. The summed E-state index contributed by atoms with van der Waals surface area (Å²) >= 11 is 3.18. The van der Waals surface area contributed by atoms with Gasteiger partial charge in [-0.1, -0.05) is 0 Å². The number of carbonyl (C=O) groups is 2. The number of hydrogen-bond donors (Lipinski definition) is 2. The smallest absolute Gasteiger partial charge is 0.270 e. The van der Waals surface area contributed by atoms with Gasteiger partial charge in [-0.05, 0) is 34.8 Å². The molecular formula is C13H14BrN3O4. The van der Waals surface area contributed by atoms with Crippen LogP contribution >= 0.6 is 15.9 Å². The standard InChI is InChI=1S/C13H14BrN3O4/c14-11-4-3-9(17(20)21)7-10(11)13(19)15-6-5-12(18)16-8-1-2-8/h3-4,7-8H,1-2,5-6H2,(H,15,19)(H,16,18). The molecule has 2 rings (SSSR count). The molecule has 0 spiro atoms. The zero-order valence-electron chi connectivity index (χ0n) is 11.1. The van der Waals surface area contributed by atoms with Gasteiger partial charge in [0, 0.05) is 35.6 Å². The molecule has 0 saturated heterocycles. The number of nitro benzene ring substituents is 1. The Morgan fingerprint density at radius 2 is 2.10 bits per heavy atom. The molecule has 0 bridgehead atoms. The monoisotopic (exact) mass is 355 g/mol. The van der Waals surface area contributed by atoms with Crippen molar-refractivity contribution in [2.24, 2.45) is 0 Å². The molecule has 8 heteroatoms. The maximum absolute atomic E-state index is 12.0. The van der Waals surface area contributed by atoms with Gasteiger partial charge in [0.2, 0.25) is 5.91 Å². The first-order valence-electron chi connectivity index (χ1n) is 6.49. The van der Waals surface area contributed by atoms with Gasteiger partial charge in [0.25, 0.3) is 11.6 Å². The van der Waals surface area contributed by atoms with Gasteiger partial charge in [-0.15, -0.1) is 0 Å². The average molecular weight is 356 g/mol. The largest absolute Gasteiger partial charge is 0.353 e. The Morgan fingerprint density at radius 3 is 2.71 bits per heavy atom. The van der Waals surface area contributed by atoms with Gasteiger partial charge in [-0.25, -0.2) is 0 Å². The summed E-state index contributed by atoms with van der Waals surface area (Å²) in [5.74, 6) is -0.555. The number of carbonyl (C=O) groups excluding carboxylic acids is 2. The molecule has 0 atom stereocenters. The van der Waals surface area contributed by atoms with Crippen LogP contribution in [0.2, 0.25) is 0 Å². The summed E-state index contributed by atoms with van der Waals surface area (Å²) in [5.41, 5.74) is 0.0154. The van der Waals surface area contributed by atoms with Crippen molar-refractivity contribution in [2.75, 3.05) is 6.54 Å². The summed E-state index contributed by atoms with van der Waals surface area (Å²) in [6, 6.07) is 4.25. The highest BCUT2D eigenvalue weighted by atomic mass is 79.9. The Hall–Kier alpha value is -1.96. The van der Waals surface area contributed by atoms with Crippen LogP contribution in [0.3, 0.4) is 0 Å². The van der Waals surface area contributed by atoms with Crippen molar-refractivity contribution in [3.63, 3.8) is 0 Å². The average Bonchev–Trinajstić information content (AvgIpc) is 3.22. The second-order valence-corrected chi connectivity index (χ2v) is 5.62. The molecule has 0 unspecified atom stereocenters. The molecule has 1 aromatic rings. The summed E-state index contributed by atoms with van der Waals surface area (Å²) in [7, 11) is 0. The number of rotatable bonds is 6. The molecule has 1 aromatic carbocycles.